The van der Waals surface area contributed by atoms with Gasteiger partial charge in [0.15, 0.2) is 0 Å². The molecule has 0 aromatic heterocycles. The lowest BCUT2D eigenvalue weighted by molar-refractivity contribution is 0.271. The molecular formula is C17H27BrN2. The molecule has 0 spiro atoms. The Labute approximate surface area is 132 Å². The van der Waals surface area contributed by atoms with Gasteiger partial charge in [-0.3, -0.25) is 0 Å². The summed E-state index contributed by atoms with van der Waals surface area (Å²) in [4.78, 5) is 2.56. The van der Waals surface area contributed by atoms with Gasteiger partial charge >= 0.3 is 0 Å². The number of rotatable bonds is 4. The van der Waals surface area contributed by atoms with E-state index < -0.39 is 0 Å². The fraction of sp³-hybridized carbons (Fsp3) is 0.647. The van der Waals surface area contributed by atoms with Crippen LogP contribution in [-0.2, 0) is 0 Å². The standard InChI is InChI=1S/C17H27BrN2/c1-5-9-19-16-8-10-20(14(4)13(16)3)17-11-12(2)6-7-15(17)18/h6-7,11,13-14,16,19H,5,8-10H2,1-4H3. The molecule has 0 saturated carbocycles. The first-order chi connectivity index (χ1) is 9.54. The van der Waals surface area contributed by atoms with Gasteiger partial charge in [0.25, 0.3) is 0 Å². The van der Waals surface area contributed by atoms with E-state index in [1.54, 1.807) is 0 Å². The molecular weight excluding hydrogens is 312 g/mol. The van der Waals surface area contributed by atoms with Crippen molar-refractivity contribution in [3.05, 3.63) is 28.2 Å². The first-order valence-electron chi connectivity index (χ1n) is 7.80. The summed E-state index contributed by atoms with van der Waals surface area (Å²) in [6.45, 7) is 11.4. The van der Waals surface area contributed by atoms with E-state index in [1.165, 1.54) is 28.6 Å². The van der Waals surface area contributed by atoms with Crippen LogP contribution < -0.4 is 10.2 Å². The monoisotopic (exact) mass is 338 g/mol. The van der Waals surface area contributed by atoms with Gasteiger partial charge in [-0.1, -0.05) is 19.9 Å². The van der Waals surface area contributed by atoms with E-state index in [-0.39, 0.29) is 0 Å². The van der Waals surface area contributed by atoms with E-state index in [0.29, 0.717) is 18.0 Å². The lowest BCUT2D eigenvalue weighted by atomic mass is 9.86. The van der Waals surface area contributed by atoms with Crippen molar-refractivity contribution in [1.82, 2.24) is 5.32 Å². The quantitative estimate of drug-likeness (QED) is 0.877. The van der Waals surface area contributed by atoms with Gasteiger partial charge in [-0.2, -0.15) is 0 Å². The van der Waals surface area contributed by atoms with Gasteiger partial charge in [0.1, 0.15) is 0 Å². The second-order valence-electron chi connectivity index (χ2n) is 6.10. The Morgan fingerprint density at radius 3 is 2.80 bits per heavy atom. The van der Waals surface area contributed by atoms with Crippen molar-refractivity contribution in [2.45, 2.75) is 52.6 Å². The van der Waals surface area contributed by atoms with Crippen LogP contribution in [0, 0.1) is 12.8 Å². The Bertz CT molecular complexity index is 447. The van der Waals surface area contributed by atoms with Gasteiger partial charge in [-0.05, 0) is 72.8 Å². The third-order valence-electron chi connectivity index (χ3n) is 4.64. The number of nitrogens with one attached hydrogen (secondary N) is 1. The van der Waals surface area contributed by atoms with Crippen LogP contribution in [0.4, 0.5) is 5.69 Å². The maximum atomic E-state index is 3.71. The summed E-state index contributed by atoms with van der Waals surface area (Å²) in [5.74, 6) is 0.669. The number of halogens is 1. The van der Waals surface area contributed by atoms with Crippen molar-refractivity contribution in [1.29, 1.82) is 0 Å². The van der Waals surface area contributed by atoms with E-state index >= 15 is 0 Å². The zero-order valence-electron chi connectivity index (χ0n) is 13.1. The Morgan fingerprint density at radius 2 is 2.10 bits per heavy atom. The fourth-order valence-electron chi connectivity index (χ4n) is 3.17. The minimum absolute atomic E-state index is 0.566. The Hall–Kier alpha value is -0.540. The summed E-state index contributed by atoms with van der Waals surface area (Å²) in [6, 6.07) is 7.86. The first kappa shape index (κ1) is 15.8. The fourth-order valence-corrected chi connectivity index (χ4v) is 3.64. The zero-order valence-corrected chi connectivity index (χ0v) is 14.7. The van der Waals surface area contributed by atoms with E-state index in [4.69, 9.17) is 0 Å². The van der Waals surface area contributed by atoms with Crippen LogP contribution in [0.2, 0.25) is 0 Å². The molecule has 1 aromatic rings. The van der Waals surface area contributed by atoms with Crippen molar-refractivity contribution >= 4 is 21.6 Å². The molecule has 20 heavy (non-hydrogen) atoms. The van der Waals surface area contributed by atoms with Crippen LogP contribution in [0.5, 0.6) is 0 Å². The van der Waals surface area contributed by atoms with Crippen LogP contribution in [0.1, 0.15) is 39.2 Å². The minimum atomic E-state index is 0.566. The molecule has 0 amide bonds. The van der Waals surface area contributed by atoms with Crippen LogP contribution in [-0.4, -0.2) is 25.2 Å². The third-order valence-corrected chi connectivity index (χ3v) is 5.31. The normalized spacial score (nSPS) is 26.9. The molecule has 1 saturated heterocycles. The Balaban J connectivity index is 2.13. The number of piperidine rings is 1. The number of aryl methyl sites for hydroxylation is 1. The highest BCUT2D eigenvalue weighted by molar-refractivity contribution is 9.10. The van der Waals surface area contributed by atoms with Crippen LogP contribution >= 0.6 is 15.9 Å². The molecule has 1 aromatic carbocycles. The highest BCUT2D eigenvalue weighted by Crippen LogP contribution is 2.34. The zero-order chi connectivity index (χ0) is 14.7. The summed E-state index contributed by atoms with van der Waals surface area (Å²) in [7, 11) is 0. The lowest BCUT2D eigenvalue weighted by Crippen LogP contribution is -2.53. The van der Waals surface area contributed by atoms with Gasteiger partial charge in [0.2, 0.25) is 0 Å². The molecule has 2 nitrogen and oxygen atoms in total. The average molecular weight is 339 g/mol. The molecule has 1 aliphatic rings. The maximum absolute atomic E-state index is 3.71. The highest BCUT2D eigenvalue weighted by Gasteiger charge is 2.32. The SMILES string of the molecule is CCCNC1CCN(c2cc(C)ccc2Br)C(C)C1C. The van der Waals surface area contributed by atoms with E-state index in [1.807, 2.05) is 0 Å². The summed E-state index contributed by atoms with van der Waals surface area (Å²) >= 11 is 3.71. The second-order valence-corrected chi connectivity index (χ2v) is 6.95. The molecule has 0 aliphatic carbocycles. The van der Waals surface area contributed by atoms with Crippen LogP contribution in [0.3, 0.4) is 0 Å². The number of anilines is 1. The molecule has 0 bridgehead atoms. The number of nitrogens with zero attached hydrogens (tertiary/aromatic N) is 1. The summed E-state index contributed by atoms with van der Waals surface area (Å²) < 4.78 is 1.21. The Morgan fingerprint density at radius 1 is 1.35 bits per heavy atom. The molecule has 2 rings (SSSR count). The largest absolute Gasteiger partial charge is 0.368 e. The Kier molecular flexibility index (Phi) is 5.50. The van der Waals surface area contributed by atoms with Crippen LogP contribution in [0.15, 0.2) is 22.7 Å². The number of benzene rings is 1. The van der Waals surface area contributed by atoms with Crippen LogP contribution in [0.25, 0.3) is 0 Å². The van der Waals surface area contributed by atoms with E-state index in [0.717, 1.165) is 13.1 Å². The third kappa shape index (κ3) is 3.37. The van der Waals surface area contributed by atoms with Gasteiger partial charge in [-0.15, -0.1) is 0 Å². The van der Waals surface area contributed by atoms with Gasteiger partial charge in [0, 0.05) is 23.1 Å². The average Bonchev–Trinajstić information content (AvgIpc) is 2.43. The molecule has 1 heterocycles. The molecule has 0 radical (unpaired) electrons. The van der Waals surface area contributed by atoms with Gasteiger partial charge in [0.05, 0.1) is 5.69 Å². The van der Waals surface area contributed by atoms with Crippen molar-refractivity contribution in [3.8, 4) is 0 Å². The van der Waals surface area contributed by atoms with Crippen molar-refractivity contribution in [2.24, 2.45) is 5.92 Å². The maximum Gasteiger partial charge on any atom is 0.0515 e. The van der Waals surface area contributed by atoms with Crippen molar-refractivity contribution in [2.75, 3.05) is 18.0 Å². The predicted octanol–water partition coefficient (Wildman–Crippen LogP) is 4.36. The van der Waals surface area contributed by atoms with Gasteiger partial charge < -0.3 is 10.2 Å². The molecule has 1 fully saturated rings. The number of hydrogen-bond acceptors (Lipinski definition) is 2. The lowest BCUT2D eigenvalue weighted by Gasteiger charge is -2.44. The van der Waals surface area contributed by atoms with Crippen molar-refractivity contribution < 1.29 is 0 Å². The second kappa shape index (κ2) is 6.95. The molecule has 3 unspecified atom stereocenters. The summed E-state index contributed by atoms with van der Waals surface area (Å²) in [5.41, 5.74) is 2.67. The summed E-state index contributed by atoms with van der Waals surface area (Å²) in [6.07, 6.45) is 2.44. The minimum Gasteiger partial charge on any atom is -0.368 e. The number of hydrogen-bond donors (Lipinski definition) is 1. The highest BCUT2D eigenvalue weighted by atomic mass is 79.9. The topological polar surface area (TPSA) is 15.3 Å². The molecule has 1 aliphatic heterocycles. The molecule has 3 atom stereocenters. The van der Waals surface area contributed by atoms with Crippen molar-refractivity contribution in [3.63, 3.8) is 0 Å². The molecule has 3 heteroatoms. The first-order valence-corrected chi connectivity index (χ1v) is 8.60. The van der Waals surface area contributed by atoms with E-state index in [9.17, 15) is 0 Å². The van der Waals surface area contributed by atoms with Gasteiger partial charge in [-0.25, -0.2) is 0 Å². The summed E-state index contributed by atoms with van der Waals surface area (Å²) in [5, 5.41) is 3.71. The smallest absolute Gasteiger partial charge is 0.0515 e. The molecule has 1 N–H and O–H groups in total. The van der Waals surface area contributed by atoms with E-state index in [2.05, 4.69) is 72.0 Å². The predicted molar refractivity (Wildman–Crippen MR) is 91.5 cm³/mol. The molecule has 112 valence electrons.